The summed E-state index contributed by atoms with van der Waals surface area (Å²) in [7, 11) is 0. The van der Waals surface area contributed by atoms with Gasteiger partial charge in [0.2, 0.25) is 11.7 Å². The standard InChI is InChI=1S/C14H18F3N7O5/c15-14(16,17)11(1-2-11)8(27)20-4-3-24-10(19)21-5(7(25)26)6-12(24,13(4,28)29)23-9(18)22-6/h4-6,28-29H,1-3H2,(H2,19,21)(H,20,27)(H,25,26)(H3,18,22,23)/p+1/t4-,5+,6-,12-/m0/s1. The topological polar surface area (TPSA) is 200 Å². The zero-order chi connectivity index (χ0) is 21.6. The second-order valence-electron chi connectivity index (χ2n) is 7.64. The number of halogens is 3. The zero-order valence-corrected chi connectivity index (χ0v) is 14.7. The average molecular weight is 422 g/mol. The Kier molecular flexibility index (Phi) is 3.64. The van der Waals surface area contributed by atoms with Gasteiger partial charge in [-0.25, -0.2) is 15.1 Å². The molecule has 0 radical (unpaired) electrons. The van der Waals surface area contributed by atoms with Gasteiger partial charge < -0.3 is 26.4 Å². The van der Waals surface area contributed by atoms with E-state index in [1.807, 2.05) is 5.32 Å². The molecule has 3 heterocycles. The van der Waals surface area contributed by atoms with Crippen LogP contribution < -0.4 is 27.1 Å². The van der Waals surface area contributed by atoms with Crippen LogP contribution in [0.15, 0.2) is 4.99 Å². The Balaban J connectivity index is 1.70. The van der Waals surface area contributed by atoms with Crippen molar-refractivity contribution in [3.63, 3.8) is 0 Å². The molecule has 12 nitrogen and oxygen atoms in total. The predicted molar refractivity (Wildman–Crippen MR) is 86.4 cm³/mol. The van der Waals surface area contributed by atoms with Crippen LogP contribution in [0.4, 0.5) is 13.2 Å². The number of alkyl halides is 3. The third-order valence-corrected chi connectivity index (χ3v) is 6.07. The minimum atomic E-state index is -4.79. The molecular weight excluding hydrogens is 403 g/mol. The van der Waals surface area contributed by atoms with Crippen molar-refractivity contribution in [1.82, 2.24) is 15.5 Å². The Morgan fingerprint density at radius 2 is 1.93 bits per heavy atom. The molecule has 1 spiro atoms. The number of carboxylic acids is 1. The maximum absolute atomic E-state index is 13.2. The summed E-state index contributed by atoms with van der Waals surface area (Å²) in [6.45, 7) is -0.452. The summed E-state index contributed by atoms with van der Waals surface area (Å²) in [6.07, 6.45) is -5.62. The number of amides is 1. The Labute approximate surface area is 160 Å². The van der Waals surface area contributed by atoms with E-state index in [4.69, 9.17) is 11.5 Å². The number of carbonyl (C=O) groups excluding carboxylic acids is 1. The summed E-state index contributed by atoms with van der Waals surface area (Å²) in [6, 6.07) is -4.58. The van der Waals surface area contributed by atoms with E-state index in [2.05, 4.69) is 15.3 Å². The third kappa shape index (κ3) is 2.27. The minimum Gasteiger partial charge on any atom is -0.480 e. The van der Waals surface area contributed by atoms with Gasteiger partial charge in [0.25, 0.3) is 5.66 Å². The van der Waals surface area contributed by atoms with Crippen molar-refractivity contribution >= 4 is 23.8 Å². The molecule has 4 rings (SSSR count). The Morgan fingerprint density at radius 3 is 2.45 bits per heavy atom. The smallest absolute Gasteiger partial charge is 0.403 e. The molecule has 1 saturated heterocycles. The quantitative estimate of drug-likeness (QED) is 0.204. The van der Waals surface area contributed by atoms with Crippen molar-refractivity contribution < 1.29 is 43.1 Å². The maximum atomic E-state index is 13.2. The summed E-state index contributed by atoms with van der Waals surface area (Å²) < 4.78 is 39.7. The molecule has 0 bridgehead atoms. The third-order valence-electron chi connectivity index (χ3n) is 6.07. The van der Waals surface area contributed by atoms with Gasteiger partial charge >= 0.3 is 18.1 Å². The average Bonchev–Trinajstić information content (AvgIpc) is 3.29. The molecule has 4 atom stereocenters. The van der Waals surface area contributed by atoms with E-state index in [0.29, 0.717) is 0 Å². The summed E-state index contributed by atoms with van der Waals surface area (Å²) in [5.74, 6) is -6.43. The van der Waals surface area contributed by atoms with E-state index in [1.54, 1.807) is 0 Å². The van der Waals surface area contributed by atoms with Crippen molar-refractivity contribution in [2.24, 2.45) is 21.9 Å². The molecule has 0 aromatic heterocycles. The molecular formula is C14H19F3N7O5+. The molecule has 1 saturated carbocycles. The number of nitrogens with one attached hydrogen (secondary N) is 3. The highest BCUT2D eigenvalue weighted by molar-refractivity contribution is 5.90. The highest BCUT2D eigenvalue weighted by atomic mass is 19.4. The summed E-state index contributed by atoms with van der Waals surface area (Å²) in [5.41, 5.74) is 6.82. The molecule has 4 aliphatic rings. The second kappa shape index (κ2) is 5.41. The SMILES string of the molecule is NC1=N[C@@H](C(=O)O)[C@@H]2[NH+]=C(N)N[C@]23N1C[C@H](NC(=O)C1(C(F)(F)F)CC1)C3(O)O. The van der Waals surface area contributed by atoms with Crippen LogP contribution in [0.2, 0.25) is 0 Å². The molecule has 2 fully saturated rings. The fourth-order valence-electron chi connectivity index (χ4n) is 4.34. The number of aliphatic carboxylic acids is 1. The summed E-state index contributed by atoms with van der Waals surface area (Å²) >= 11 is 0. The molecule has 1 aliphatic carbocycles. The van der Waals surface area contributed by atoms with Crippen LogP contribution in [0.5, 0.6) is 0 Å². The van der Waals surface area contributed by atoms with E-state index in [9.17, 15) is 38.1 Å². The van der Waals surface area contributed by atoms with Crippen LogP contribution in [0.3, 0.4) is 0 Å². The van der Waals surface area contributed by atoms with Crippen molar-refractivity contribution in [2.45, 2.75) is 48.6 Å². The summed E-state index contributed by atoms with van der Waals surface area (Å²) in [4.78, 5) is 31.4. The molecule has 0 aromatic rings. The van der Waals surface area contributed by atoms with E-state index in [1.165, 1.54) is 0 Å². The number of aliphatic imine (C=N–C) groups is 1. The number of hydrogen-bond donors (Lipinski definition) is 8. The normalized spacial score (nSPS) is 36.3. The molecule has 29 heavy (non-hydrogen) atoms. The van der Waals surface area contributed by atoms with Gasteiger partial charge in [0.15, 0.2) is 18.0 Å². The van der Waals surface area contributed by atoms with Crippen LogP contribution in [0.25, 0.3) is 0 Å². The predicted octanol–water partition coefficient (Wildman–Crippen LogP) is -5.34. The Hall–Kier alpha value is -2.81. The first-order valence-corrected chi connectivity index (χ1v) is 8.61. The molecule has 160 valence electrons. The molecule has 0 aromatic carbocycles. The first kappa shape index (κ1) is 19.5. The first-order valence-electron chi connectivity index (χ1n) is 8.61. The van der Waals surface area contributed by atoms with E-state index in [-0.39, 0.29) is 5.96 Å². The maximum Gasteiger partial charge on any atom is 0.403 e. The fraction of sp³-hybridized carbons (Fsp3) is 0.714. The number of carboxylic acid groups (broad SMARTS) is 1. The van der Waals surface area contributed by atoms with Crippen LogP contribution >= 0.6 is 0 Å². The zero-order valence-electron chi connectivity index (χ0n) is 14.7. The number of aliphatic hydroxyl groups is 2. The summed E-state index contributed by atoms with van der Waals surface area (Å²) in [5, 5.41) is 35.9. The largest absolute Gasteiger partial charge is 0.480 e. The van der Waals surface area contributed by atoms with Gasteiger partial charge in [-0.1, -0.05) is 0 Å². The van der Waals surface area contributed by atoms with E-state index in [0.717, 1.165) is 4.90 Å². The van der Waals surface area contributed by atoms with Gasteiger partial charge in [-0.2, -0.15) is 13.2 Å². The first-order chi connectivity index (χ1) is 13.3. The molecule has 1 amide bonds. The highest BCUT2D eigenvalue weighted by Crippen LogP contribution is 2.58. The van der Waals surface area contributed by atoms with Crippen LogP contribution in [-0.2, 0) is 9.59 Å². The van der Waals surface area contributed by atoms with Crippen molar-refractivity contribution in [2.75, 3.05) is 6.54 Å². The van der Waals surface area contributed by atoms with Crippen molar-refractivity contribution in [3.05, 3.63) is 0 Å². The molecule has 15 heteroatoms. The van der Waals surface area contributed by atoms with Crippen LogP contribution in [0, 0.1) is 5.41 Å². The van der Waals surface area contributed by atoms with Gasteiger partial charge in [-0.05, 0) is 12.8 Å². The number of rotatable bonds is 3. The minimum absolute atomic E-state index is 0.218. The molecule has 10 N–H and O–H groups in total. The second-order valence-corrected chi connectivity index (χ2v) is 7.64. The van der Waals surface area contributed by atoms with Crippen LogP contribution in [-0.4, -0.2) is 86.3 Å². The van der Waals surface area contributed by atoms with Gasteiger partial charge in [-0.3, -0.25) is 20.4 Å². The number of nitrogens with two attached hydrogens (primary N) is 2. The lowest BCUT2D eigenvalue weighted by Gasteiger charge is -2.45. The lowest BCUT2D eigenvalue weighted by atomic mass is 9.85. The number of hydrogen-bond acceptors (Lipinski definition) is 9. The van der Waals surface area contributed by atoms with Gasteiger partial charge in [0.1, 0.15) is 11.5 Å². The number of carbonyl (C=O) groups is 2. The van der Waals surface area contributed by atoms with Crippen LogP contribution in [0.1, 0.15) is 12.8 Å². The fourth-order valence-corrected chi connectivity index (χ4v) is 4.34. The lowest BCUT2D eigenvalue weighted by Crippen LogP contribution is -2.90. The van der Waals surface area contributed by atoms with Gasteiger partial charge in [0.05, 0.1) is 6.54 Å². The molecule has 3 aliphatic heterocycles. The van der Waals surface area contributed by atoms with Gasteiger partial charge in [0, 0.05) is 0 Å². The monoisotopic (exact) mass is 422 g/mol. The Morgan fingerprint density at radius 1 is 1.31 bits per heavy atom. The lowest BCUT2D eigenvalue weighted by molar-refractivity contribution is -0.519. The van der Waals surface area contributed by atoms with E-state index >= 15 is 0 Å². The number of nitrogens with zero attached hydrogens (tertiary/aromatic N) is 2. The van der Waals surface area contributed by atoms with Crippen molar-refractivity contribution in [1.29, 1.82) is 0 Å². The van der Waals surface area contributed by atoms with Crippen molar-refractivity contribution in [3.8, 4) is 0 Å². The number of guanidine groups is 2. The highest BCUT2D eigenvalue weighted by Gasteiger charge is 2.78. The van der Waals surface area contributed by atoms with E-state index < -0.39 is 78.4 Å². The molecule has 0 unspecified atom stereocenters. The Bertz CT molecular complexity index is 855. The van der Waals surface area contributed by atoms with Gasteiger partial charge in [-0.15, -0.1) is 0 Å².